The summed E-state index contributed by atoms with van der Waals surface area (Å²) in [5.41, 5.74) is 5.94. The number of hydrogen-bond donors (Lipinski definition) is 1. The number of ketones is 1. The van der Waals surface area contributed by atoms with Crippen LogP contribution in [0.4, 0.5) is 0 Å². The van der Waals surface area contributed by atoms with Gasteiger partial charge in [-0.3, -0.25) is 24.1 Å². The third-order valence-electron chi connectivity index (χ3n) is 5.54. The van der Waals surface area contributed by atoms with Crippen molar-refractivity contribution in [3.05, 3.63) is 35.4 Å². The molecule has 6 heteroatoms. The van der Waals surface area contributed by atoms with Crippen molar-refractivity contribution in [3.63, 3.8) is 0 Å². The van der Waals surface area contributed by atoms with Crippen LogP contribution in [0.3, 0.4) is 0 Å². The minimum absolute atomic E-state index is 0.173. The van der Waals surface area contributed by atoms with Crippen LogP contribution in [0.5, 0.6) is 0 Å². The number of amides is 3. The van der Waals surface area contributed by atoms with Crippen LogP contribution in [0.2, 0.25) is 0 Å². The van der Waals surface area contributed by atoms with Crippen LogP contribution in [-0.2, 0) is 20.8 Å². The summed E-state index contributed by atoms with van der Waals surface area (Å²) in [4.78, 5) is 49.6. The molecule has 0 aromatic heterocycles. The molecule has 3 amide bonds. The van der Waals surface area contributed by atoms with Gasteiger partial charge in [-0.2, -0.15) is 0 Å². The highest BCUT2D eigenvalue weighted by Gasteiger charge is 2.51. The Hall–Kier alpha value is -2.50. The number of aryl methyl sites for hydroxylation is 1. The van der Waals surface area contributed by atoms with Crippen molar-refractivity contribution >= 4 is 23.5 Å². The highest BCUT2D eigenvalue weighted by molar-refractivity contribution is 6.10. The van der Waals surface area contributed by atoms with E-state index in [4.69, 9.17) is 5.73 Å². The summed E-state index contributed by atoms with van der Waals surface area (Å²) < 4.78 is 0. The summed E-state index contributed by atoms with van der Waals surface area (Å²) in [6.45, 7) is -0.194. The molecule has 1 aliphatic heterocycles. The van der Waals surface area contributed by atoms with Crippen LogP contribution in [0.1, 0.15) is 60.9 Å². The number of imide groups is 1. The number of carbonyl (C=O) groups is 4. The van der Waals surface area contributed by atoms with Crippen molar-refractivity contribution in [2.75, 3.05) is 6.54 Å². The van der Waals surface area contributed by atoms with E-state index < -0.39 is 5.41 Å². The zero-order valence-corrected chi connectivity index (χ0v) is 14.8. The maximum Gasteiger partial charge on any atom is 0.236 e. The Morgan fingerprint density at radius 3 is 2.31 bits per heavy atom. The number of nitrogens with zero attached hydrogens (tertiary/aromatic N) is 1. The topological polar surface area (TPSA) is 97.5 Å². The van der Waals surface area contributed by atoms with Crippen LogP contribution >= 0.6 is 0 Å². The molecule has 1 saturated heterocycles. The first-order valence-corrected chi connectivity index (χ1v) is 9.16. The molecule has 1 aromatic rings. The van der Waals surface area contributed by atoms with Gasteiger partial charge < -0.3 is 5.73 Å². The lowest BCUT2D eigenvalue weighted by Gasteiger charge is -2.30. The van der Waals surface area contributed by atoms with Gasteiger partial charge in [0.2, 0.25) is 17.7 Å². The quantitative estimate of drug-likeness (QED) is 0.622. The first-order valence-electron chi connectivity index (χ1n) is 9.16. The predicted octanol–water partition coefficient (Wildman–Crippen LogP) is 2.00. The van der Waals surface area contributed by atoms with Crippen molar-refractivity contribution in [1.82, 2.24) is 4.90 Å². The largest absolute Gasteiger partial charge is 0.370 e. The Labute approximate surface area is 152 Å². The molecule has 0 unspecified atom stereocenters. The lowest BCUT2D eigenvalue weighted by atomic mass is 9.73. The van der Waals surface area contributed by atoms with Gasteiger partial charge in [-0.15, -0.1) is 0 Å². The van der Waals surface area contributed by atoms with Gasteiger partial charge in [0, 0.05) is 18.4 Å². The number of nitrogens with two attached hydrogens (primary N) is 1. The molecule has 0 atom stereocenters. The minimum Gasteiger partial charge on any atom is -0.370 e. The summed E-state index contributed by atoms with van der Waals surface area (Å²) in [5, 5.41) is 0. The Balaban J connectivity index is 1.65. The second-order valence-corrected chi connectivity index (χ2v) is 7.39. The summed E-state index contributed by atoms with van der Waals surface area (Å²) in [6.07, 6.45) is 5.55. The lowest BCUT2D eigenvalue weighted by Crippen LogP contribution is -2.39. The van der Waals surface area contributed by atoms with Crippen LogP contribution in [0, 0.1) is 5.41 Å². The standard InChI is InChI=1S/C20H24N2O4/c21-17(24)9-6-14-4-7-15(8-5-14)16(23)13-22-18(25)12-20(19(22)26)10-2-1-3-11-20/h4-5,7-8H,1-3,6,9-13H2,(H2,21,24). The molecule has 2 aliphatic rings. The smallest absolute Gasteiger partial charge is 0.236 e. The van der Waals surface area contributed by atoms with E-state index in [0.29, 0.717) is 12.0 Å². The molecule has 138 valence electrons. The lowest BCUT2D eigenvalue weighted by molar-refractivity contribution is -0.141. The van der Waals surface area contributed by atoms with Crippen LogP contribution in [0.25, 0.3) is 0 Å². The second kappa shape index (κ2) is 7.40. The Kier molecular flexibility index (Phi) is 5.20. The number of benzene rings is 1. The fourth-order valence-corrected chi connectivity index (χ4v) is 4.00. The molecule has 2 fully saturated rings. The molecule has 3 rings (SSSR count). The van der Waals surface area contributed by atoms with E-state index in [1.165, 1.54) is 0 Å². The normalized spacial score (nSPS) is 19.2. The molecular weight excluding hydrogens is 332 g/mol. The number of hydrogen-bond acceptors (Lipinski definition) is 4. The molecule has 2 N–H and O–H groups in total. The number of rotatable bonds is 6. The van der Waals surface area contributed by atoms with Crippen LogP contribution < -0.4 is 5.73 Å². The van der Waals surface area contributed by atoms with Crippen molar-refractivity contribution in [2.24, 2.45) is 11.1 Å². The number of primary amides is 1. The third-order valence-corrected chi connectivity index (χ3v) is 5.54. The van der Waals surface area contributed by atoms with E-state index in [9.17, 15) is 19.2 Å². The van der Waals surface area contributed by atoms with E-state index in [1.54, 1.807) is 24.3 Å². The first kappa shape index (κ1) is 18.3. The second-order valence-electron chi connectivity index (χ2n) is 7.39. The monoisotopic (exact) mass is 356 g/mol. The first-order chi connectivity index (χ1) is 12.4. The van der Waals surface area contributed by atoms with Crippen molar-refractivity contribution in [1.29, 1.82) is 0 Å². The van der Waals surface area contributed by atoms with Crippen LogP contribution in [0.15, 0.2) is 24.3 Å². The van der Waals surface area contributed by atoms with Gasteiger partial charge in [0.25, 0.3) is 0 Å². The molecule has 6 nitrogen and oxygen atoms in total. The molecule has 1 aromatic carbocycles. The molecule has 0 radical (unpaired) electrons. The van der Waals surface area contributed by atoms with Crippen molar-refractivity contribution in [3.8, 4) is 0 Å². The number of Topliss-reactive ketones (excluding diaryl/α,β-unsaturated/α-hetero) is 1. The van der Waals surface area contributed by atoms with Gasteiger partial charge in [0.1, 0.15) is 0 Å². The zero-order chi connectivity index (χ0) is 18.7. The number of carbonyl (C=O) groups excluding carboxylic acids is 4. The van der Waals surface area contributed by atoms with E-state index >= 15 is 0 Å². The van der Waals surface area contributed by atoms with Gasteiger partial charge in [0.15, 0.2) is 5.78 Å². The van der Waals surface area contributed by atoms with E-state index in [0.717, 1.165) is 42.6 Å². The van der Waals surface area contributed by atoms with Gasteiger partial charge in [0.05, 0.1) is 12.0 Å². The van der Waals surface area contributed by atoms with E-state index in [1.807, 2.05) is 0 Å². The minimum atomic E-state index is -0.561. The Bertz CT molecular complexity index is 733. The summed E-state index contributed by atoms with van der Waals surface area (Å²) in [7, 11) is 0. The molecule has 26 heavy (non-hydrogen) atoms. The summed E-state index contributed by atoms with van der Waals surface area (Å²) in [5.74, 6) is -1.02. The Morgan fingerprint density at radius 1 is 1.04 bits per heavy atom. The van der Waals surface area contributed by atoms with Crippen LogP contribution in [-0.4, -0.2) is 34.9 Å². The predicted molar refractivity (Wildman–Crippen MR) is 95.1 cm³/mol. The molecule has 1 saturated carbocycles. The molecule has 1 spiro atoms. The third kappa shape index (κ3) is 3.69. The zero-order valence-electron chi connectivity index (χ0n) is 14.8. The molecule has 1 heterocycles. The van der Waals surface area contributed by atoms with Gasteiger partial charge >= 0.3 is 0 Å². The molecule has 0 bridgehead atoms. The maximum absolute atomic E-state index is 12.8. The molecule has 1 aliphatic carbocycles. The SMILES string of the molecule is NC(=O)CCc1ccc(C(=O)CN2C(=O)CC3(CCCCC3)C2=O)cc1. The fraction of sp³-hybridized carbons (Fsp3) is 0.500. The van der Waals surface area contributed by atoms with Gasteiger partial charge in [-0.1, -0.05) is 43.5 Å². The summed E-state index contributed by atoms with van der Waals surface area (Å²) >= 11 is 0. The van der Waals surface area contributed by atoms with Gasteiger partial charge in [-0.05, 0) is 24.8 Å². The van der Waals surface area contributed by atoms with Crippen molar-refractivity contribution < 1.29 is 19.2 Å². The van der Waals surface area contributed by atoms with E-state index in [-0.39, 0.29) is 42.9 Å². The number of likely N-dealkylation sites (tertiary alicyclic amines) is 1. The average Bonchev–Trinajstić information content (AvgIpc) is 2.85. The summed E-state index contributed by atoms with van der Waals surface area (Å²) in [6, 6.07) is 6.87. The Morgan fingerprint density at radius 2 is 1.69 bits per heavy atom. The van der Waals surface area contributed by atoms with Crippen molar-refractivity contribution in [2.45, 2.75) is 51.4 Å². The highest BCUT2D eigenvalue weighted by Crippen LogP contribution is 2.45. The maximum atomic E-state index is 12.8. The molecular formula is C20H24N2O4. The van der Waals surface area contributed by atoms with Gasteiger partial charge in [-0.25, -0.2) is 0 Å². The highest BCUT2D eigenvalue weighted by atomic mass is 16.2. The average molecular weight is 356 g/mol. The fourth-order valence-electron chi connectivity index (χ4n) is 4.00. The van der Waals surface area contributed by atoms with E-state index in [2.05, 4.69) is 0 Å².